The van der Waals surface area contributed by atoms with Gasteiger partial charge in [-0.1, -0.05) is 18.2 Å². The summed E-state index contributed by atoms with van der Waals surface area (Å²) in [6.07, 6.45) is 0. The number of esters is 1. The van der Waals surface area contributed by atoms with Crippen molar-refractivity contribution in [2.24, 2.45) is 0 Å². The van der Waals surface area contributed by atoms with Crippen molar-refractivity contribution >= 4 is 107 Å². The SMILES string of the molecule is O=C(COc1ccc([S+](c2ccccc2)c2ccc(I)cc2)cc1)Oc1c(I)cc(I)cc1I. The van der Waals surface area contributed by atoms with Gasteiger partial charge in [0.05, 0.1) is 18.0 Å². The van der Waals surface area contributed by atoms with Crippen molar-refractivity contribution in [1.82, 2.24) is 0 Å². The number of hydrogen-bond acceptors (Lipinski definition) is 3. The summed E-state index contributed by atoms with van der Waals surface area (Å²) in [5, 5.41) is 0. The molecule has 0 bridgehead atoms. The number of benzene rings is 4. The lowest BCUT2D eigenvalue weighted by molar-refractivity contribution is -0.136. The van der Waals surface area contributed by atoms with Gasteiger partial charge in [-0.25, -0.2) is 4.79 Å². The smallest absolute Gasteiger partial charge is 0.349 e. The van der Waals surface area contributed by atoms with Crippen LogP contribution in [0.3, 0.4) is 0 Å². The lowest BCUT2D eigenvalue weighted by Crippen LogP contribution is -2.18. The maximum Gasteiger partial charge on any atom is 0.349 e. The normalized spacial score (nSPS) is 11.6. The lowest BCUT2D eigenvalue weighted by Gasteiger charge is -2.11. The van der Waals surface area contributed by atoms with Gasteiger partial charge < -0.3 is 9.47 Å². The van der Waals surface area contributed by atoms with Gasteiger partial charge in [0.2, 0.25) is 0 Å². The van der Waals surface area contributed by atoms with Gasteiger partial charge in [0.15, 0.2) is 27.0 Å². The summed E-state index contributed by atoms with van der Waals surface area (Å²) in [5.41, 5.74) is 0. The van der Waals surface area contributed by atoms with E-state index in [1.165, 1.54) is 18.3 Å². The summed E-state index contributed by atoms with van der Waals surface area (Å²) in [6, 6.07) is 31.1. The minimum absolute atomic E-state index is 0.154. The Morgan fingerprint density at radius 3 is 1.79 bits per heavy atom. The Hall–Kier alpha value is -0.580. The van der Waals surface area contributed by atoms with Crippen LogP contribution in [0.15, 0.2) is 106 Å². The molecule has 0 spiro atoms. The van der Waals surface area contributed by atoms with E-state index in [1.54, 1.807) is 0 Å². The topological polar surface area (TPSA) is 35.5 Å². The fraction of sp³-hybridized carbons (Fsp3) is 0.0385. The van der Waals surface area contributed by atoms with E-state index >= 15 is 0 Å². The van der Waals surface area contributed by atoms with E-state index in [0.717, 1.165) is 10.7 Å². The molecule has 0 fully saturated rings. The molecular weight excluding hydrogens is 900 g/mol. The van der Waals surface area contributed by atoms with Gasteiger partial charge in [0.25, 0.3) is 0 Å². The van der Waals surface area contributed by atoms with Crippen molar-refractivity contribution in [1.29, 1.82) is 0 Å². The van der Waals surface area contributed by atoms with Gasteiger partial charge in [0.1, 0.15) is 5.75 Å². The molecule has 172 valence electrons. The molecule has 1 unspecified atom stereocenters. The molecule has 0 N–H and O–H groups in total. The van der Waals surface area contributed by atoms with Crippen molar-refractivity contribution < 1.29 is 14.3 Å². The third kappa shape index (κ3) is 7.01. The Bertz CT molecular complexity index is 1260. The Morgan fingerprint density at radius 2 is 1.21 bits per heavy atom. The number of rotatable bonds is 7. The van der Waals surface area contributed by atoms with Crippen molar-refractivity contribution in [3.05, 3.63) is 105 Å². The summed E-state index contributed by atoms with van der Waals surface area (Å²) >= 11 is 8.93. The zero-order valence-corrected chi connectivity index (χ0v) is 27.0. The largest absolute Gasteiger partial charge is 0.482 e. The van der Waals surface area contributed by atoms with Crippen molar-refractivity contribution in [3.63, 3.8) is 0 Å². The van der Waals surface area contributed by atoms with Crippen LogP contribution in [0.25, 0.3) is 0 Å². The molecule has 0 radical (unpaired) electrons. The van der Waals surface area contributed by atoms with Crippen LogP contribution in [-0.2, 0) is 15.7 Å². The molecule has 34 heavy (non-hydrogen) atoms. The van der Waals surface area contributed by atoms with Gasteiger partial charge in [-0.15, -0.1) is 0 Å². The fourth-order valence-corrected chi connectivity index (χ4v) is 9.34. The van der Waals surface area contributed by atoms with Crippen LogP contribution in [-0.4, -0.2) is 12.6 Å². The lowest BCUT2D eigenvalue weighted by atomic mass is 10.3. The fourth-order valence-electron chi connectivity index (χ4n) is 3.12. The molecule has 4 aromatic carbocycles. The predicted octanol–water partition coefficient (Wildman–Crippen LogP) is 8.18. The van der Waals surface area contributed by atoms with Crippen LogP contribution in [0.2, 0.25) is 0 Å². The molecule has 0 aromatic heterocycles. The second-order valence-electron chi connectivity index (χ2n) is 7.01. The zero-order chi connectivity index (χ0) is 24.1. The molecule has 0 amide bonds. The van der Waals surface area contributed by atoms with E-state index in [2.05, 4.69) is 151 Å². The average Bonchev–Trinajstić information content (AvgIpc) is 2.83. The van der Waals surface area contributed by atoms with Gasteiger partial charge in [0, 0.05) is 7.14 Å². The summed E-state index contributed by atoms with van der Waals surface area (Å²) in [5.74, 6) is 0.783. The number of ether oxygens (including phenoxy) is 2. The first kappa shape index (κ1) is 26.5. The first-order valence-corrected chi connectivity index (χ1v) is 15.6. The minimum Gasteiger partial charge on any atom is -0.482 e. The molecule has 0 heterocycles. The maximum atomic E-state index is 12.4. The first-order chi connectivity index (χ1) is 16.4. The third-order valence-electron chi connectivity index (χ3n) is 4.62. The Kier molecular flexibility index (Phi) is 9.81. The number of hydrogen-bond donors (Lipinski definition) is 0. The van der Waals surface area contributed by atoms with E-state index in [-0.39, 0.29) is 17.5 Å². The van der Waals surface area contributed by atoms with Crippen LogP contribution in [0.4, 0.5) is 0 Å². The van der Waals surface area contributed by atoms with Gasteiger partial charge in [-0.05, 0) is 163 Å². The van der Waals surface area contributed by atoms with E-state index in [0.29, 0.717) is 11.5 Å². The summed E-state index contributed by atoms with van der Waals surface area (Å²) in [4.78, 5) is 16.1. The van der Waals surface area contributed by atoms with E-state index < -0.39 is 5.97 Å². The summed E-state index contributed by atoms with van der Waals surface area (Å²) < 4.78 is 15.4. The van der Waals surface area contributed by atoms with Crippen molar-refractivity contribution in [2.45, 2.75) is 14.7 Å². The molecule has 4 rings (SSSR count). The Balaban J connectivity index is 1.47. The highest BCUT2D eigenvalue weighted by molar-refractivity contribution is 14.1. The van der Waals surface area contributed by atoms with Gasteiger partial charge >= 0.3 is 5.97 Å². The molecule has 4 aromatic rings. The van der Waals surface area contributed by atoms with E-state index in [9.17, 15) is 4.79 Å². The standard InChI is InChI=1S/C26H17I4O3S/c27-17-6-10-21(11-7-17)34(20-4-2-1-3-5-20)22-12-8-19(9-13-22)32-16-25(31)33-26-23(29)14-18(28)15-24(26)30/h1-15H,16H2/q+1. The van der Waals surface area contributed by atoms with Crippen LogP contribution in [0, 0.1) is 14.3 Å². The minimum atomic E-state index is -0.427. The van der Waals surface area contributed by atoms with Crippen LogP contribution in [0.5, 0.6) is 11.5 Å². The number of halogens is 4. The molecule has 1 atom stereocenters. The average molecular weight is 917 g/mol. The van der Waals surface area contributed by atoms with Crippen LogP contribution in [0.1, 0.15) is 0 Å². The summed E-state index contributed by atoms with van der Waals surface area (Å²) in [6.45, 7) is -0.154. The molecule has 0 aliphatic rings. The third-order valence-corrected chi connectivity index (χ3v) is 9.80. The Morgan fingerprint density at radius 1 is 0.676 bits per heavy atom. The predicted molar refractivity (Wildman–Crippen MR) is 170 cm³/mol. The Labute approximate surface area is 256 Å². The quantitative estimate of drug-likeness (QED) is 0.0813. The summed E-state index contributed by atoms with van der Waals surface area (Å²) in [7, 11) is -0.231. The maximum absolute atomic E-state index is 12.4. The molecule has 0 saturated carbocycles. The highest BCUT2D eigenvalue weighted by atomic mass is 127. The molecule has 3 nitrogen and oxygen atoms in total. The molecule has 0 aliphatic carbocycles. The van der Waals surface area contributed by atoms with Crippen LogP contribution >= 0.6 is 90.4 Å². The highest BCUT2D eigenvalue weighted by Crippen LogP contribution is 2.33. The monoisotopic (exact) mass is 917 g/mol. The second kappa shape index (κ2) is 12.6. The number of carbonyl (C=O) groups is 1. The number of carbonyl (C=O) groups excluding carboxylic acids is 1. The van der Waals surface area contributed by atoms with Crippen molar-refractivity contribution in [3.8, 4) is 11.5 Å². The highest BCUT2D eigenvalue weighted by Gasteiger charge is 2.28. The van der Waals surface area contributed by atoms with E-state index in [1.807, 2.05) is 30.3 Å². The molecule has 0 aliphatic heterocycles. The molecular formula is C26H17I4O3S+. The van der Waals surface area contributed by atoms with E-state index in [4.69, 9.17) is 9.47 Å². The molecule has 0 saturated heterocycles. The molecule has 8 heteroatoms. The van der Waals surface area contributed by atoms with Crippen LogP contribution < -0.4 is 9.47 Å². The first-order valence-electron chi connectivity index (χ1n) is 10.0. The second-order valence-corrected chi connectivity index (χ2v) is 13.8. The van der Waals surface area contributed by atoms with Crippen molar-refractivity contribution in [2.75, 3.05) is 6.61 Å². The van der Waals surface area contributed by atoms with Gasteiger partial charge in [-0.2, -0.15) is 0 Å². The van der Waals surface area contributed by atoms with Gasteiger partial charge in [-0.3, -0.25) is 0 Å². The zero-order valence-electron chi connectivity index (χ0n) is 17.5.